The van der Waals surface area contributed by atoms with Crippen LogP contribution < -0.4 is 14.8 Å². The van der Waals surface area contributed by atoms with E-state index >= 15 is 0 Å². The van der Waals surface area contributed by atoms with E-state index in [2.05, 4.69) is 5.32 Å². The highest BCUT2D eigenvalue weighted by atomic mass is 19.1. The summed E-state index contributed by atoms with van der Waals surface area (Å²) >= 11 is 0. The number of methoxy groups -OCH3 is 2. The number of carbonyl (C=O) groups is 1. The maximum atomic E-state index is 13.9. The Hall–Kier alpha value is -3.27. The smallest absolute Gasteiger partial charge is 0.322 e. The molecule has 7 heteroatoms. The number of nitrogens with zero attached hydrogens (tertiary/aromatic N) is 2. The Morgan fingerprint density at radius 2 is 1.93 bits per heavy atom. The fourth-order valence-corrected chi connectivity index (χ4v) is 4.00. The van der Waals surface area contributed by atoms with Crippen LogP contribution in [0.15, 0.2) is 30.3 Å². The summed E-state index contributed by atoms with van der Waals surface area (Å²) in [7, 11) is 3.21. The topological polar surface area (TPSA) is 74.6 Å². The zero-order valence-corrected chi connectivity index (χ0v) is 16.4. The van der Waals surface area contributed by atoms with Crippen molar-refractivity contribution in [2.24, 2.45) is 5.92 Å². The van der Waals surface area contributed by atoms with Crippen LogP contribution in [0.4, 0.5) is 14.9 Å². The van der Waals surface area contributed by atoms with Crippen molar-refractivity contribution < 1.29 is 18.7 Å². The molecule has 1 aliphatic carbocycles. The van der Waals surface area contributed by atoms with Gasteiger partial charge in [0.25, 0.3) is 0 Å². The van der Waals surface area contributed by atoms with Crippen LogP contribution in [0.1, 0.15) is 35.6 Å². The van der Waals surface area contributed by atoms with Crippen molar-refractivity contribution in [2.75, 3.05) is 26.1 Å². The van der Waals surface area contributed by atoms with Crippen LogP contribution in [0.2, 0.25) is 0 Å². The monoisotopic (exact) mass is 395 g/mol. The fourth-order valence-electron chi connectivity index (χ4n) is 4.00. The van der Waals surface area contributed by atoms with Crippen molar-refractivity contribution in [1.82, 2.24) is 4.90 Å². The number of benzene rings is 2. The van der Waals surface area contributed by atoms with Gasteiger partial charge in [-0.15, -0.1) is 0 Å². The molecule has 150 valence electrons. The Kier molecular flexibility index (Phi) is 5.01. The van der Waals surface area contributed by atoms with E-state index in [-0.39, 0.29) is 17.6 Å². The van der Waals surface area contributed by atoms with Gasteiger partial charge in [-0.25, -0.2) is 9.18 Å². The van der Waals surface area contributed by atoms with Crippen LogP contribution in [-0.4, -0.2) is 31.7 Å². The molecule has 0 bridgehead atoms. The molecule has 1 aliphatic heterocycles. The molecule has 1 unspecified atom stereocenters. The number of nitrogens with one attached hydrogen (secondary N) is 1. The van der Waals surface area contributed by atoms with E-state index in [1.165, 1.54) is 18.2 Å². The van der Waals surface area contributed by atoms with Crippen molar-refractivity contribution in [2.45, 2.75) is 25.3 Å². The molecule has 0 aromatic heterocycles. The Bertz CT molecular complexity index is 998. The van der Waals surface area contributed by atoms with Gasteiger partial charge in [0.1, 0.15) is 11.9 Å². The number of anilines is 1. The van der Waals surface area contributed by atoms with Gasteiger partial charge in [0.05, 0.1) is 25.8 Å². The number of nitriles is 1. The zero-order chi connectivity index (χ0) is 20.5. The number of hydrogen-bond donors (Lipinski definition) is 1. The number of hydrogen-bond acceptors (Lipinski definition) is 4. The van der Waals surface area contributed by atoms with E-state index in [0.29, 0.717) is 36.1 Å². The summed E-state index contributed by atoms with van der Waals surface area (Å²) in [5.74, 6) is 1.08. The second-order valence-electron chi connectivity index (χ2n) is 7.37. The fraction of sp³-hybridized carbons (Fsp3) is 0.364. The van der Waals surface area contributed by atoms with Gasteiger partial charge in [-0.2, -0.15) is 5.26 Å². The van der Waals surface area contributed by atoms with Gasteiger partial charge in [-0.05, 0) is 66.6 Å². The molecule has 4 rings (SSSR count). The van der Waals surface area contributed by atoms with Gasteiger partial charge in [0.2, 0.25) is 0 Å². The van der Waals surface area contributed by atoms with E-state index < -0.39 is 5.82 Å². The molecule has 2 amide bonds. The lowest BCUT2D eigenvalue weighted by molar-refractivity contribution is 0.172. The highest BCUT2D eigenvalue weighted by molar-refractivity contribution is 5.90. The van der Waals surface area contributed by atoms with Gasteiger partial charge in [0, 0.05) is 12.2 Å². The number of rotatable bonds is 4. The van der Waals surface area contributed by atoms with Crippen LogP contribution in [0.25, 0.3) is 0 Å². The molecule has 0 spiro atoms. The van der Waals surface area contributed by atoms with Gasteiger partial charge in [-0.1, -0.05) is 0 Å². The molecule has 1 heterocycles. The second-order valence-corrected chi connectivity index (χ2v) is 7.37. The number of urea groups is 1. The first-order valence-electron chi connectivity index (χ1n) is 9.57. The molecule has 2 aromatic carbocycles. The third-order valence-corrected chi connectivity index (χ3v) is 5.59. The molecule has 0 saturated heterocycles. The minimum atomic E-state index is -0.648. The molecular formula is C22H22FN3O3. The third kappa shape index (κ3) is 3.58. The van der Waals surface area contributed by atoms with Crippen LogP contribution in [0, 0.1) is 23.1 Å². The summed E-state index contributed by atoms with van der Waals surface area (Å²) in [6, 6.07) is 9.50. The summed E-state index contributed by atoms with van der Waals surface area (Å²) in [4.78, 5) is 14.9. The molecular weight excluding hydrogens is 373 g/mol. The maximum Gasteiger partial charge on any atom is 0.322 e. The zero-order valence-electron chi connectivity index (χ0n) is 16.4. The highest BCUT2D eigenvalue weighted by Gasteiger charge is 2.42. The average Bonchev–Trinajstić information content (AvgIpc) is 3.57. The van der Waals surface area contributed by atoms with Gasteiger partial charge in [-0.3, -0.25) is 0 Å². The van der Waals surface area contributed by atoms with Crippen LogP contribution >= 0.6 is 0 Å². The number of amides is 2. The molecule has 1 fully saturated rings. The second kappa shape index (κ2) is 7.63. The molecule has 29 heavy (non-hydrogen) atoms. The SMILES string of the molecule is COc1cc2c(cc1OC)C(C1CC1)N(C(=O)Nc1ccc(C#N)c(F)c1)CC2. The number of carbonyl (C=O) groups excluding carboxylic acids is 1. The van der Waals surface area contributed by atoms with Gasteiger partial charge < -0.3 is 19.7 Å². The van der Waals surface area contributed by atoms with Crippen molar-refractivity contribution in [3.8, 4) is 17.6 Å². The minimum absolute atomic E-state index is 0.0493. The Morgan fingerprint density at radius 1 is 1.21 bits per heavy atom. The van der Waals surface area contributed by atoms with E-state index in [1.807, 2.05) is 17.0 Å². The van der Waals surface area contributed by atoms with E-state index in [0.717, 1.165) is 24.0 Å². The van der Waals surface area contributed by atoms with Crippen molar-refractivity contribution in [3.05, 3.63) is 52.8 Å². The molecule has 1 N–H and O–H groups in total. The van der Waals surface area contributed by atoms with Crippen LogP contribution in [0.3, 0.4) is 0 Å². The predicted molar refractivity (Wildman–Crippen MR) is 106 cm³/mol. The lowest BCUT2D eigenvalue weighted by Crippen LogP contribution is -2.43. The standard InChI is InChI=1S/C22H22FN3O3/c1-28-19-9-14-7-8-26(21(13-3-4-13)17(14)11-20(19)29-2)22(27)25-16-6-5-15(12-24)18(23)10-16/h5-6,9-11,13,21H,3-4,7-8H2,1-2H3,(H,25,27). The quantitative estimate of drug-likeness (QED) is 0.840. The average molecular weight is 395 g/mol. The summed E-state index contributed by atoms with van der Waals surface area (Å²) in [6.07, 6.45) is 2.83. The molecule has 1 saturated carbocycles. The highest BCUT2D eigenvalue weighted by Crippen LogP contribution is 2.49. The first-order chi connectivity index (χ1) is 14.0. The molecule has 6 nitrogen and oxygen atoms in total. The van der Waals surface area contributed by atoms with E-state index in [1.54, 1.807) is 20.3 Å². The van der Waals surface area contributed by atoms with Crippen molar-refractivity contribution in [1.29, 1.82) is 5.26 Å². The normalized spacial score (nSPS) is 17.9. The molecule has 1 atom stereocenters. The Balaban J connectivity index is 1.62. The molecule has 2 aromatic rings. The third-order valence-electron chi connectivity index (χ3n) is 5.59. The first-order valence-corrected chi connectivity index (χ1v) is 9.57. The van der Waals surface area contributed by atoms with Crippen molar-refractivity contribution in [3.63, 3.8) is 0 Å². The Labute approximate surface area is 168 Å². The van der Waals surface area contributed by atoms with Crippen LogP contribution in [0.5, 0.6) is 11.5 Å². The minimum Gasteiger partial charge on any atom is -0.493 e. The summed E-state index contributed by atoms with van der Waals surface area (Å²) in [5, 5.41) is 11.6. The first kappa shape index (κ1) is 19.1. The van der Waals surface area contributed by atoms with E-state index in [4.69, 9.17) is 14.7 Å². The van der Waals surface area contributed by atoms with Crippen molar-refractivity contribution >= 4 is 11.7 Å². The van der Waals surface area contributed by atoms with Gasteiger partial charge >= 0.3 is 6.03 Å². The largest absolute Gasteiger partial charge is 0.493 e. The summed E-state index contributed by atoms with van der Waals surface area (Å²) < 4.78 is 24.8. The number of ether oxygens (including phenoxy) is 2. The summed E-state index contributed by atoms with van der Waals surface area (Å²) in [6.45, 7) is 0.564. The van der Waals surface area contributed by atoms with Crippen LogP contribution in [-0.2, 0) is 6.42 Å². The van der Waals surface area contributed by atoms with E-state index in [9.17, 15) is 9.18 Å². The maximum absolute atomic E-state index is 13.9. The predicted octanol–water partition coefficient (Wildman–Crippen LogP) is 4.26. The number of fused-ring (bicyclic) bond motifs is 1. The Morgan fingerprint density at radius 3 is 2.55 bits per heavy atom. The lowest BCUT2D eigenvalue weighted by atomic mass is 9.89. The molecule has 2 aliphatic rings. The van der Waals surface area contributed by atoms with Gasteiger partial charge in [0.15, 0.2) is 11.5 Å². The number of halogens is 1. The summed E-state index contributed by atoms with van der Waals surface area (Å²) in [5.41, 5.74) is 2.52. The lowest BCUT2D eigenvalue weighted by Gasteiger charge is -2.38. The molecule has 0 radical (unpaired) electrons.